The number of aromatic nitrogens is 1. The molecule has 0 fully saturated rings. The van der Waals surface area contributed by atoms with Crippen molar-refractivity contribution in [3.63, 3.8) is 0 Å². The maximum Gasteiger partial charge on any atom is 0.407 e. The molecule has 8 nitrogen and oxygen atoms in total. The molecule has 0 radical (unpaired) electrons. The van der Waals surface area contributed by atoms with Crippen LogP contribution in [0.3, 0.4) is 0 Å². The number of H-pyrrole nitrogens is 1. The third-order valence-electron chi connectivity index (χ3n) is 5.09. The van der Waals surface area contributed by atoms with Crippen LogP contribution in [-0.4, -0.2) is 30.2 Å². The number of hydrogen-bond donors (Lipinski definition) is 1. The van der Waals surface area contributed by atoms with Gasteiger partial charge >= 0.3 is 12.1 Å². The van der Waals surface area contributed by atoms with E-state index < -0.39 is 29.6 Å². The highest BCUT2D eigenvalue weighted by molar-refractivity contribution is 5.91. The number of alkyl carbamates (subject to hydrolysis) is 1. The van der Waals surface area contributed by atoms with Gasteiger partial charge in [-0.05, 0) is 57.4 Å². The first kappa shape index (κ1) is 29.0. The summed E-state index contributed by atoms with van der Waals surface area (Å²) < 4.78 is 10.5. The van der Waals surface area contributed by atoms with Gasteiger partial charge in [0, 0.05) is 24.6 Å². The number of esters is 1. The number of hydrogen-bond acceptors (Lipinski definition) is 6. The molecule has 0 aliphatic heterocycles. The van der Waals surface area contributed by atoms with Crippen LogP contribution in [0.15, 0.2) is 73.1 Å². The predicted octanol–water partition coefficient (Wildman–Crippen LogP) is 3.52. The Labute approximate surface area is 217 Å². The van der Waals surface area contributed by atoms with Crippen molar-refractivity contribution in [3.8, 4) is 0 Å². The SMILES string of the molecule is Cc1ccc(C(=O)OCc2ccc([C@@H](CNC(=O)OC(C)(C)C)C(=O)[O-])cc2)c(C)c1.c1cc[nH+]cc1. The molecule has 1 aromatic heterocycles. The maximum atomic E-state index is 12.3. The van der Waals surface area contributed by atoms with Crippen LogP contribution in [0.25, 0.3) is 0 Å². The average molecular weight is 507 g/mol. The van der Waals surface area contributed by atoms with Crippen molar-refractivity contribution in [2.45, 2.75) is 52.7 Å². The van der Waals surface area contributed by atoms with E-state index in [1.54, 1.807) is 51.1 Å². The van der Waals surface area contributed by atoms with E-state index in [4.69, 9.17) is 9.47 Å². The minimum absolute atomic E-state index is 0.0541. The van der Waals surface area contributed by atoms with E-state index >= 15 is 0 Å². The number of rotatable bonds is 7. The van der Waals surface area contributed by atoms with Crippen LogP contribution in [0.1, 0.15) is 59.3 Å². The second-order valence-electron chi connectivity index (χ2n) is 9.47. The Morgan fingerprint density at radius 2 is 1.62 bits per heavy atom. The van der Waals surface area contributed by atoms with E-state index in [-0.39, 0.29) is 13.2 Å². The highest BCUT2D eigenvalue weighted by Crippen LogP contribution is 2.18. The Morgan fingerprint density at radius 1 is 0.973 bits per heavy atom. The number of aryl methyl sites for hydroxylation is 2. The summed E-state index contributed by atoms with van der Waals surface area (Å²) in [6.45, 7) is 8.84. The number of carboxylic acid groups (broad SMARTS) is 1. The van der Waals surface area contributed by atoms with Gasteiger partial charge in [-0.2, -0.15) is 0 Å². The summed E-state index contributed by atoms with van der Waals surface area (Å²) in [7, 11) is 0. The standard InChI is InChI=1S/C24H29NO6.C5H5N/c1-15-6-11-19(16(2)12-15)22(28)30-14-17-7-9-18(10-8-17)20(21(26)27)13-25-23(29)31-24(3,4)5;1-2-4-6-5-3-1/h6-12,20H,13-14H2,1-5H3,(H,25,29)(H,26,27);1-5H/t20-;/m1./s1. The fourth-order valence-corrected chi connectivity index (χ4v) is 3.29. The summed E-state index contributed by atoms with van der Waals surface area (Å²) in [6, 6.07) is 17.9. The topological polar surface area (TPSA) is 119 Å². The van der Waals surface area contributed by atoms with Gasteiger partial charge in [0.2, 0.25) is 0 Å². The van der Waals surface area contributed by atoms with Crippen LogP contribution in [-0.2, 0) is 20.9 Å². The first-order chi connectivity index (χ1) is 17.5. The fraction of sp³-hybridized carbons (Fsp3) is 0.310. The molecule has 1 atom stereocenters. The van der Waals surface area contributed by atoms with Gasteiger partial charge in [0.1, 0.15) is 12.2 Å². The molecule has 0 aliphatic rings. The monoisotopic (exact) mass is 506 g/mol. The molecule has 2 aromatic carbocycles. The van der Waals surface area contributed by atoms with Crippen LogP contribution >= 0.6 is 0 Å². The van der Waals surface area contributed by atoms with E-state index in [9.17, 15) is 19.5 Å². The van der Waals surface area contributed by atoms with E-state index in [1.165, 1.54) is 0 Å². The summed E-state index contributed by atoms with van der Waals surface area (Å²) in [5.41, 5.74) is 2.90. The van der Waals surface area contributed by atoms with Crippen LogP contribution in [0.4, 0.5) is 4.79 Å². The molecule has 3 rings (SSSR count). The largest absolute Gasteiger partial charge is 0.549 e. The molecule has 0 saturated heterocycles. The zero-order chi connectivity index (χ0) is 27.4. The number of nitrogens with one attached hydrogen (secondary N) is 2. The molecule has 0 aliphatic carbocycles. The Balaban J connectivity index is 0.000000700. The molecule has 37 heavy (non-hydrogen) atoms. The zero-order valence-corrected chi connectivity index (χ0v) is 21.9. The predicted molar refractivity (Wildman–Crippen MR) is 136 cm³/mol. The Hall–Kier alpha value is -4.20. The van der Waals surface area contributed by atoms with E-state index in [0.29, 0.717) is 16.7 Å². The third-order valence-corrected chi connectivity index (χ3v) is 5.09. The van der Waals surface area contributed by atoms with Crippen molar-refractivity contribution in [1.29, 1.82) is 0 Å². The molecular formula is C29H34N2O6. The molecule has 1 amide bonds. The number of pyridine rings is 1. The second kappa shape index (κ2) is 13.8. The highest BCUT2D eigenvalue weighted by Gasteiger charge is 2.19. The summed E-state index contributed by atoms with van der Waals surface area (Å²) in [5.74, 6) is -2.78. The minimum atomic E-state index is -1.31. The lowest BCUT2D eigenvalue weighted by Gasteiger charge is -2.23. The van der Waals surface area contributed by atoms with Crippen molar-refractivity contribution < 1.29 is 33.9 Å². The molecule has 0 unspecified atom stereocenters. The lowest BCUT2D eigenvalue weighted by molar-refractivity contribution is -0.378. The first-order valence-corrected chi connectivity index (χ1v) is 11.9. The molecule has 1 heterocycles. The lowest BCUT2D eigenvalue weighted by Crippen LogP contribution is -2.40. The second-order valence-corrected chi connectivity index (χ2v) is 9.47. The van der Waals surface area contributed by atoms with Crippen LogP contribution in [0.2, 0.25) is 0 Å². The molecular weight excluding hydrogens is 472 g/mol. The number of carboxylic acids is 1. The average Bonchev–Trinajstić information content (AvgIpc) is 2.83. The number of amides is 1. The van der Waals surface area contributed by atoms with Gasteiger partial charge in [-0.1, -0.05) is 48.0 Å². The number of carbonyl (C=O) groups excluding carboxylic acids is 3. The van der Waals surface area contributed by atoms with E-state index in [0.717, 1.165) is 11.1 Å². The van der Waals surface area contributed by atoms with Crippen molar-refractivity contribution in [2.24, 2.45) is 0 Å². The Bertz CT molecular complexity index is 1140. The molecule has 0 saturated carbocycles. The number of aromatic amines is 1. The van der Waals surface area contributed by atoms with Gasteiger partial charge in [0.05, 0.1) is 11.5 Å². The summed E-state index contributed by atoms with van der Waals surface area (Å²) >= 11 is 0. The first-order valence-electron chi connectivity index (χ1n) is 11.9. The van der Waals surface area contributed by atoms with Gasteiger partial charge in [-0.25, -0.2) is 14.6 Å². The number of benzene rings is 2. The molecule has 196 valence electrons. The van der Waals surface area contributed by atoms with Crippen molar-refractivity contribution in [3.05, 3.63) is 101 Å². The lowest BCUT2D eigenvalue weighted by atomic mass is 9.98. The molecule has 3 aromatic rings. The highest BCUT2D eigenvalue weighted by atomic mass is 16.6. The molecule has 8 heteroatoms. The summed E-state index contributed by atoms with van der Waals surface area (Å²) in [4.78, 5) is 38.5. The van der Waals surface area contributed by atoms with Gasteiger partial charge in [-0.15, -0.1) is 0 Å². The molecule has 2 N–H and O–H groups in total. The maximum absolute atomic E-state index is 12.3. The minimum Gasteiger partial charge on any atom is -0.549 e. The Kier molecular flexibility index (Phi) is 10.8. The van der Waals surface area contributed by atoms with Crippen LogP contribution < -0.4 is 15.4 Å². The fourth-order valence-electron chi connectivity index (χ4n) is 3.29. The van der Waals surface area contributed by atoms with E-state index in [1.807, 2.05) is 56.6 Å². The van der Waals surface area contributed by atoms with Gasteiger partial charge < -0.3 is 24.7 Å². The Morgan fingerprint density at radius 3 is 2.11 bits per heavy atom. The van der Waals surface area contributed by atoms with Crippen molar-refractivity contribution in [1.82, 2.24) is 5.32 Å². The van der Waals surface area contributed by atoms with Crippen molar-refractivity contribution in [2.75, 3.05) is 6.54 Å². The van der Waals surface area contributed by atoms with Crippen LogP contribution in [0.5, 0.6) is 0 Å². The van der Waals surface area contributed by atoms with Crippen LogP contribution in [0, 0.1) is 13.8 Å². The normalized spacial score (nSPS) is 11.4. The van der Waals surface area contributed by atoms with E-state index in [2.05, 4.69) is 10.3 Å². The third kappa shape index (κ3) is 10.5. The number of carbonyl (C=O) groups is 3. The zero-order valence-electron chi connectivity index (χ0n) is 21.9. The smallest absolute Gasteiger partial charge is 0.407 e. The van der Waals surface area contributed by atoms with Gasteiger partial charge in [-0.3, -0.25) is 0 Å². The van der Waals surface area contributed by atoms with Gasteiger partial charge in [0.25, 0.3) is 0 Å². The number of aliphatic carboxylic acids is 1. The molecule has 0 bridgehead atoms. The van der Waals surface area contributed by atoms with Crippen molar-refractivity contribution >= 4 is 18.0 Å². The summed E-state index contributed by atoms with van der Waals surface area (Å²) in [6.07, 6.45) is 3.05. The molecule has 0 spiro atoms. The quantitative estimate of drug-likeness (QED) is 0.490. The van der Waals surface area contributed by atoms with Gasteiger partial charge in [0.15, 0.2) is 12.4 Å². The summed E-state index contributed by atoms with van der Waals surface area (Å²) in [5, 5.41) is 14.0. The number of ether oxygens (including phenoxy) is 2.